The van der Waals surface area contributed by atoms with Crippen LogP contribution in [0, 0.1) is 5.92 Å². The number of imide groups is 1. The second-order valence-electron chi connectivity index (χ2n) is 6.02. The third kappa shape index (κ3) is 6.43. The molecule has 0 aromatic heterocycles. The van der Waals surface area contributed by atoms with Gasteiger partial charge in [-0.1, -0.05) is 13.8 Å². The summed E-state index contributed by atoms with van der Waals surface area (Å²) in [7, 11) is 0. The Morgan fingerprint density at radius 3 is 2.22 bits per heavy atom. The lowest BCUT2D eigenvalue weighted by Crippen LogP contribution is -2.56. The highest BCUT2D eigenvalue weighted by molar-refractivity contribution is 5.96. The molecular weight excluding hydrogens is 300 g/mol. The number of hydrogen-bond acceptors (Lipinski definition) is 5. The third-order valence-corrected chi connectivity index (χ3v) is 3.61. The van der Waals surface area contributed by atoms with Crippen molar-refractivity contribution in [3.63, 3.8) is 0 Å². The molecule has 132 valence electrons. The number of rotatable bonds is 5. The number of carbonyl (C=O) groups excluding carboxylic acids is 3. The van der Waals surface area contributed by atoms with Crippen LogP contribution in [-0.4, -0.2) is 73.2 Å². The molecular formula is C15H28N4O4. The largest absolute Gasteiger partial charge is 0.449 e. The zero-order valence-corrected chi connectivity index (χ0v) is 14.4. The molecule has 0 spiro atoms. The lowest BCUT2D eigenvalue weighted by Gasteiger charge is -2.36. The Morgan fingerprint density at radius 1 is 1.09 bits per heavy atom. The Bertz CT molecular complexity index is 420. The lowest BCUT2D eigenvalue weighted by molar-refractivity contribution is -0.125. The van der Waals surface area contributed by atoms with Gasteiger partial charge in [0.25, 0.3) is 0 Å². The molecule has 1 saturated heterocycles. The molecule has 0 aliphatic carbocycles. The highest BCUT2D eigenvalue weighted by Gasteiger charge is 2.28. The minimum Gasteiger partial charge on any atom is -0.449 e. The van der Waals surface area contributed by atoms with Crippen molar-refractivity contribution >= 4 is 18.0 Å². The SMILES string of the molecule is CCNC(=O)NC(=O)[C@H](C)N1CCN(C(=O)OCC(C)C)CC1. The molecule has 23 heavy (non-hydrogen) atoms. The van der Waals surface area contributed by atoms with E-state index < -0.39 is 12.1 Å². The molecule has 1 fully saturated rings. The van der Waals surface area contributed by atoms with Crippen LogP contribution in [0.25, 0.3) is 0 Å². The average Bonchev–Trinajstić information content (AvgIpc) is 2.52. The van der Waals surface area contributed by atoms with Crippen molar-refractivity contribution in [3.8, 4) is 0 Å². The molecule has 8 nitrogen and oxygen atoms in total. The van der Waals surface area contributed by atoms with E-state index in [0.717, 1.165) is 0 Å². The molecule has 1 aliphatic heterocycles. The molecule has 1 aliphatic rings. The van der Waals surface area contributed by atoms with E-state index in [2.05, 4.69) is 10.6 Å². The van der Waals surface area contributed by atoms with Crippen molar-refractivity contribution in [2.45, 2.75) is 33.7 Å². The van der Waals surface area contributed by atoms with Crippen LogP contribution >= 0.6 is 0 Å². The van der Waals surface area contributed by atoms with Crippen LogP contribution < -0.4 is 10.6 Å². The molecule has 8 heteroatoms. The number of nitrogens with one attached hydrogen (secondary N) is 2. The van der Waals surface area contributed by atoms with Gasteiger partial charge in [-0.3, -0.25) is 15.0 Å². The van der Waals surface area contributed by atoms with Crippen LogP contribution in [0.15, 0.2) is 0 Å². The third-order valence-electron chi connectivity index (χ3n) is 3.61. The van der Waals surface area contributed by atoms with Gasteiger partial charge in [-0.25, -0.2) is 9.59 Å². The summed E-state index contributed by atoms with van der Waals surface area (Å²) >= 11 is 0. The van der Waals surface area contributed by atoms with Crippen LogP contribution in [0.2, 0.25) is 0 Å². The predicted octanol–water partition coefficient (Wildman–Crippen LogP) is 0.631. The number of urea groups is 1. The summed E-state index contributed by atoms with van der Waals surface area (Å²) in [6, 6.07) is -0.910. The Labute approximate surface area is 137 Å². The summed E-state index contributed by atoms with van der Waals surface area (Å²) in [5, 5.41) is 4.83. The summed E-state index contributed by atoms with van der Waals surface area (Å²) in [5.74, 6) is -0.0370. The summed E-state index contributed by atoms with van der Waals surface area (Å²) in [6.45, 7) is 10.5. The maximum atomic E-state index is 12.0. The molecule has 1 atom stereocenters. The number of ether oxygens (including phenoxy) is 1. The molecule has 4 amide bonds. The van der Waals surface area contributed by atoms with E-state index in [-0.39, 0.29) is 12.0 Å². The van der Waals surface area contributed by atoms with Crippen molar-refractivity contribution in [3.05, 3.63) is 0 Å². The minimum absolute atomic E-state index is 0.304. The first kappa shape index (κ1) is 19.2. The fourth-order valence-corrected chi connectivity index (χ4v) is 2.21. The zero-order chi connectivity index (χ0) is 17.4. The van der Waals surface area contributed by atoms with Crippen LogP contribution in [0.4, 0.5) is 9.59 Å². The monoisotopic (exact) mass is 328 g/mol. The number of hydrogen-bond donors (Lipinski definition) is 2. The molecule has 0 bridgehead atoms. The fourth-order valence-electron chi connectivity index (χ4n) is 2.21. The van der Waals surface area contributed by atoms with E-state index in [1.807, 2.05) is 18.7 Å². The molecule has 0 saturated carbocycles. The van der Waals surface area contributed by atoms with Crippen molar-refractivity contribution in [1.82, 2.24) is 20.4 Å². The van der Waals surface area contributed by atoms with Crippen molar-refractivity contribution in [1.29, 1.82) is 0 Å². The second-order valence-corrected chi connectivity index (χ2v) is 6.02. The van der Waals surface area contributed by atoms with Crippen molar-refractivity contribution in [2.75, 3.05) is 39.3 Å². The minimum atomic E-state index is -0.486. The smallest absolute Gasteiger partial charge is 0.409 e. The molecule has 0 aromatic rings. The fraction of sp³-hybridized carbons (Fsp3) is 0.800. The van der Waals surface area contributed by atoms with Gasteiger partial charge < -0.3 is 15.0 Å². The van der Waals surface area contributed by atoms with Crippen LogP contribution in [0.3, 0.4) is 0 Å². The number of amides is 4. The van der Waals surface area contributed by atoms with Gasteiger partial charge in [0.05, 0.1) is 12.6 Å². The number of carbonyl (C=O) groups is 3. The van der Waals surface area contributed by atoms with Gasteiger partial charge in [-0.05, 0) is 19.8 Å². The highest BCUT2D eigenvalue weighted by Crippen LogP contribution is 2.08. The first-order valence-corrected chi connectivity index (χ1v) is 8.09. The molecule has 0 unspecified atom stereocenters. The standard InChI is InChI=1S/C15H28N4O4/c1-5-16-14(21)17-13(20)12(4)18-6-8-19(9-7-18)15(22)23-10-11(2)3/h11-12H,5-10H2,1-4H3,(H2,16,17,20,21)/t12-/m0/s1. The molecule has 0 aromatic carbocycles. The van der Waals surface area contributed by atoms with Gasteiger partial charge in [0.15, 0.2) is 0 Å². The zero-order valence-electron chi connectivity index (χ0n) is 14.4. The van der Waals surface area contributed by atoms with E-state index in [1.165, 1.54) is 0 Å². The maximum Gasteiger partial charge on any atom is 0.409 e. The first-order valence-electron chi connectivity index (χ1n) is 8.09. The number of piperazine rings is 1. The molecule has 1 rings (SSSR count). The van der Waals surface area contributed by atoms with E-state index in [1.54, 1.807) is 18.7 Å². The van der Waals surface area contributed by atoms with Gasteiger partial charge in [0.2, 0.25) is 5.91 Å². The average molecular weight is 328 g/mol. The van der Waals surface area contributed by atoms with Crippen LogP contribution in [0.5, 0.6) is 0 Å². The summed E-state index contributed by atoms with van der Waals surface area (Å²) < 4.78 is 5.20. The van der Waals surface area contributed by atoms with Gasteiger partial charge in [0.1, 0.15) is 0 Å². The summed E-state index contributed by atoms with van der Waals surface area (Å²) in [4.78, 5) is 38.9. The van der Waals surface area contributed by atoms with Gasteiger partial charge in [0, 0.05) is 32.7 Å². The Kier molecular flexibility index (Phi) is 7.80. The van der Waals surface area contributed by atoms with Gasteiger partial charge >= 0.3 is 12.1 Å². The van der Waals surface area contributed by atoms with Gasteiger partial charge in [-0.15, -0.1) is 0 Å². The maximum absolute atomic E-state index is 12.0. The summed E-state index contributed by atoms with van der Waals surface area (Å²) in [6.07, 6.45) is -0.308. The lowest BCUT2D eigenvalue weighted by atomic mass is 10.2. The van der Waals surface area contributed by atoms with Crippen LogP contribution in [0.1, 0.15) is 27.7 Å². The van der Waals surface area contributed by atoms with Crippen molar-refractivity contribution < 1.29 is 19.1 Å². The first-order chi connectivity index (χ1) is 10.8. The van der Waals surface area contributed by atoms with E-state index in [9.17, 15) is 14.4 Å². The predicted molar refractivity (Wildman–Crippen MR) is 86.0 cm³/mol. The Balaban J connectivity index is 2.38. The number of nitrogens with zero attached hydrogens (tertiary/aromatic N) is 2. The molecule has 0 radical (unpaired) electrons. The van der Waals surface area contributed by atoms with Crippen molar-refractivity contribution in [2.24, 2.45) is 5.92 Å². The topological polar surface area (TPSA) is 91.0 Å². The quantitative estimate of drug-likeness (QED) is 0.772. The summed E-state index contributed by atoms with van der Waals surface area (Å²) in [5.41, 5.74) is 0. The van der Waals surface area contributed by atoms with E-state index in [0.29, 0.717) is 45.2 Å². The molecule has 1 heterocycles. The van der Waals surface area contributed by atoms with Gasteiger partial charge in [-0.2, -0.15) is 0 Å². The normalized spacial score (nSPS) is 16.8. The highest BCUT2D eigenvalue weighted by atomic mass is 16.6. The molecule has 2 N–H and O–H groups in total. The second kappa shape index (κ2) is 9.34. The Hall–Kier alpha value is -1.83. The van der Waals surface area contributed by atoms with E-state index in [4.69, 9.17) is 4.74 Å². The van der Waals surface area contributed by atoms with Crippen LogP contribution in [-0.2, 0) is 9.53 Å². The Morgan fingerprint density at radius 2 is 1.70 bits per heavy atom. The van der Waals surface area contributed by atoms with E-state index >= 15 is 0 Å².